The van der Waals surface area contributed by atoms with Crippen LogP contribution in [0.15, 0.2) is 54.6 Å². The van der Waals surface area contributed by atoms with Gasteiger partial charge < -0.3 is 9.64 Å². The maximum absolute atomic E-state index is 14.0. The first-order valence-electron chi connectivity index (χ1n) is 12.2. The molecule has 0 bridgehead atoms. The predicted molar refractivity (Wildman–Crippen MR) is 130 cm³/mol. The highest BCUT2D eigenvalue weighted by Gasteiger charge is 2.64. The molecular weight excluding hydrogens is 462 g/mol. The molecule has 4 heterocycles. The van der Waals surface area contributed by atoms with Gasteiger partial charge in [0.2, 0.25) is 11.8 Å². The van der Waals surface area contributed by atoms with Crippen molar-refractivity contribution < 1.29 is 24.0 Å². The number of nitrogens with zero attached hydrogens (tertiary/aromatic N) is 3. The molecule has 2 amide bonds. The summed E-state index contributed by atoms with van der Waals surface area (Å²) in [5.41, 5.74) is 2.90. The van der Waals surface area contributed by atoms with Crippen molar-refractivity contribution in [1.82, 2.24) is 4.90 Å². The van der Waals surface area contributed by atoms with Crippen molar-refractivity contribution in [2.45, 2.75) is 38.0 Å². The molecule has 9 nitrogen and oxygen atoms in total. The topological polar surface area (TPSA) is 110 Å². The molecule has 0 aliphatic carbocycles. The van der Waals surface area contributed by atoms with Crippen molar-refractivity contribution in [3.63, 3.8) is 0 Å². The summed E-state index contributed by atoms with van der Waals surface area (Å²) in [5, 5.41) is 11.1. The molecule has 0 aromatic heterocycles. The smallest absolute Gasteiger partial charge is 0.269 e. The maximum atomic E-state index is 14.0. The number of imide groups is 1. The number of benzene rings is 2. The standard InChI is InChI=1S/C27H25N3O6/c1-15-13-21-22-23(27(33)28(26(22)32)14-18-5-4-12-36-18)24(29(21)20-7-3-2-6-19(15)20)25(31)16-8-10-17(11-9-16)30(34)35/h2-3,6-11,13,18,21-24H,4-5,12,14H2,1H3/t18-,21+,22-,23-,24-/m0/s1. The van der Waals surface area contributed by atoms with E-state index in [0.29, 0.717) is 6.61 Å². The maximum Gasteiger partial charge on any atom is 0.269 e. The van der Waals surface area contributed by atoms with Crippen LogP contribution in [0.5, 0.6) is 0 Å². The average Bonchev–Trinajstić information content (AvgIpc) is 3.57. The van der Waals surface area contributed by atoms with Crippen molar-refractivity contribution in [2.24, 2.45) is 11.8 Å². The molecular formula is C27H25N3O6. The van der Waals surface area contributed by atoms with Crippen LogP contribution in [-0.4, -0.2) is 58.8 Å². The summed E-state index contributed by atoms with van der Waals surface area (Å²) < 4.78 is 5.69. The van der Waals surface area contributed by atoms with Gasteiger partial charge in [0, 0.05) is 35.6 Å². The molecule has 184 valence electrons. The minimum atomic E-state index is -0.905. The normalized spacial score (nSPS) is 28.6. The number of carbonyl (C=O) groups excluding carboxylic acids is 3. The van der Waals surface area contributed by atoms with Crippen LogP contribution < -0.4 is 4.90 Å². The van der Waals surface area contributed by atoms with Crippen LogP contribution in [0.1, 0.15) is 35.7 Å². The molecule has 2 aromatic rings. The van der Waals surface area contributed by atoms with Gasteiger partial charge in [-0.05, 0) is 43.5 Å². The molecule has 5 atom stereocenters. The van der Waals surface area contributed by atoms with Gasteiger partial charge in [0.1, 0.15) is 6.04 Å². The molecule has 9 heteroatoms. The van der Waals surface area contributed by atoms with Crippen molar-refractivity contribution >= 4 is 34.5 Å². The first-order valence-corrected chi connectivity index (χ1v) is 12.2. The third-order valence-electron chi connectivity index (χ3n) is 7.89. The number of anilines is 1. The monoisotopic (exact) mass is 487 g/mol. The number of Topliss-reactive ketones (excluding diaryl/α,β-unsaturated/α-hetero) is 1. The number of amides is 2. The van der Waals surface area contributed by atoms with Crippen LogP contribution in [0.25, 0.3) is 5.57 Å². The van der Waals surface area contributed by atoms with E-state index >= 15 is 0 Å². The summed E-state index contributed by atoms with van der Waals surface area (Å²) in [4.78, 5) is 55.2. The SMILES string of the molecule is CC1=C[C@@H]2[C@@H]3C(=O)N(C[C@@H]4CCCO4)C(=O)[C@@H]3[C@@H](C(=O)c3ccc([N+](=O)[O-])cc3)N2c2ccccc21. The van der Waals surface area contributed by atoms with Gasteiger partial charge >= 0.3 is 0 Å². The van der Waals surface area contributed by atoms with Crippen molar-refractivity contribution in [1.29, 1.82) is 0 Å². The fraction of sp³-hybridized carbons (Fsp3) is 0.370. The number of non-ortho nitro benzene ring substituents is 1. The van der Waals surface area contributed by atoms with Gasteiger partial charge in [-0.1, -0.05) is 24.3 Å². The Balaban J connectivity index is 1.44. The highest BCUT2D eigenvalue weighted by atomic mass is 16.6. The highest BCUT2D eigenvalue weighted by molar-refractivity contribution is 6.14. The largest absolute Gasteiger partial charge is 0.376 e. The van der Waals surface area contributed by atoms with Crippen molar-refractivity contribution in [3.8, 4) is 0 Å². The Morgan fingerprint density at radius 1 is 1.08 bits per heavy atom. The van der Waals surface area contributed by atoms with Gasteiger partial charge in [0.05, 0.1) is 35.4 Å². The summed E-state index contributed by atoms with van der Waals surface area (Å²) in [5.74, 6) is -2.47. The van der Waals surface area contributed by atoms with Crippen LogP contribution in [0, 0.1) is 22.0 Å². The van der Waals surface area contributed by atoms with Gasteiger partial charge in [-0.15, -0.1) is 0 Å². The number of hydrogen-bond acceptors (Lipinski definition) is 7. The van der Waals surface area contributed by atoms with Crippen molar-refractivity contribution in [3.05, 3.63) is 75.8 Å². The first kappa shape index (κ1) is 22.6. The van der Waals surface area contributed by atoms with Crippen LogP contribution in [0.4, 0.5) is 11.4 Å². The summed E-state index contributed by atoms with van der Waals surface area (Å²) in [6.45, 7) is 2.79. The summed E-state index contributed by atoms with van der Waals surface area (Å²) in [7, 11) is 0. The van der Waals surface area contributed by atoms with Gasteiger partial charge in [0.25, 0.3) is 5.69 Å². The fourth-order valence-electron chi connectivity index (χ4n) is 6.25. The minimum absolute atomic E-state index is 0.120. The fourth-order valence-corrected chi connectivity index (χ4v) is 6.25. The number of ether oxygens (including phenoxy) is 1. The number of nitro groups is 1. The molecule has 4 aliphatic heterocycles. The number of rotatable bonds is 5. The molecule has 0 N–H and O–H groups in total. The van der Waals surface area contributed by atoms with Crippen LogP contribution >= 0.6 is 0 Å². The molecule has 0 radical (unpaired) electrons. The molecule has 0 unspecified atom stereocenters. The summed E-state index contributed by atoms with van der Waals surface area (Å²) >= 11 is 0. The third kappa shape index (κ3) is 3.30. The number of ketones is 1. The Hall–Kier alpha value is -3.85. The second-order valence-electron chi connectivity index (χ2n) is 9.85. The number of para-hydroxylation sites is 1. The van der Waals surface area contributed by atoms with Crippen LogP contribution in [-0.2, 0) is 14.3 Å². The van der Waals surface area contributed by atoms with Gasteiger partial charge in [0.15, 0.2) is 5.78 Å². The van der Waals surface area contributed by atoms with E-state index in [1.807, 2.05) is 42.2 Å². The quantitative estimate of drug-likeness (QED) is 0.276. The van der Waals surface area contributed by atoms with Gasteiger partial charge in [-0.3, -0.25) is 29.4 Å². The Kier molecular flexibility index (Phi) is 5.26. The van der Waals surface area contributed by atoms with E-state index in [1.165, 1.54) is 29.2 Å². The number of fused-ring (bicyclic) bond motifs is 5. The zero-order valence-corrected chi connectivity index (χ0v) is 19.7. The van der Waals surface area contributed by atoms with E-state index in [4.69, 9.17) is 4.74 Å². The van der Waals surface area contributed by atoms with Crippen molar-refractivity contribution in [2.75, 3.05) is 18.1 Å². The number of nitro benzene ring substituents is 1. The lowest BCUT2D eigenvalue weighted by Gasteiger charge is -2.38. The number of likely N-dealkylation sites (tertiary alicyclic amines) is 1. The Labute approximate surface area is 207 Å². The molecule has 2 aromatic carbocycles. The molecule has 4 aliphatic rings. The Morgan fingerprint density at radius 3 is 2.50 bits per heavy atom. The summed E-state index contributed by atoms with van der Waals surface area (Å²) in [6.07, 6.45) is 3.49. The lowest BCUT2D eigenvalue weighted by molar-refractivity contribution is -0.384. The van der Waals surface area contributed by atoms with Gasteiger partial charge in [-0.2, -0.15) is 0 Å². The average molecular weight is 488 g/mol. The molecule has 0 saturated carbocycles. The lowest BCUT2D eigenvalue weighted by atomic mass is 9.85. The zero-order chi connectivity index (χ0) is 25.1. The minimum Gasteiger partial charge on any atom is -0.376 e. The van der Waals surface area contributed by atoms with Crippen LogP contribution in [0.2, 0.25) is 0 Å². The van der Waals surface area contributed by atoms with E-state index in [9.17, 15) is 24.5 Å². The van der Waals surface area contributed by atoms with Crippen LogP contribution in [0.3, 0.4) is 0 Å². The van der Waals surface area contributed by atoms with E-state index in [1.54, 1.807) is 0 Å². The second-order valence-corrected chi connectivity index (χ2v) is 9.85. The molecule has 3 fully saturated rings. The number of carbonyl (C=O) groups is 3. The van der Waals surface area contributed by atoms with E-state index < -0.39 is 28.8 Å². The molecule has 36 heavy (non-hydrogen) atoms. The predicted octanol–water partition coefficient (Wildman–Crippen LogP) is 3.23. The number of hydrogen-bond donors (Lipinski definition) is 0. The summed E-state index contributed by atoms with van der Waals surface area (Å²) in [6, 6.07) is 11.7. The zero-order valence-electron chi connectivity index (χ0n) is 19.7. The van der Waals surface area contributed by atoms with E-state index in [0.717, 1.165) is 29.7 Å². The Bertz CT molecular complexity index is 1310. The van der Waals surface area contributed by atoms with Gasteiger partial charge in [-0.25, -0.2) is 0 Å². The molecule has 3 saturated heterocycles. The molecule has 0 spiro atoms. The number of allylic oxidation sites excluding steroid dienone is 1. The molecule has 6 rings (SSSR count). The van der Waals surface area contributed by atoms with E-state index in [-0.39, 0.29) is 41.5 Å². The second kappa shape index (κ2) is 8.37. The van der Waals surface area contributed by atoms with E-state index in [2.05, 4.69) is 0 Å². The Morgan fingerprint density at radius 2 is 1.81 bits per heavy atom. The highest BCUT2D eigenvalue weighted by Crippen LogP contribution is 2.50. The first-order chi connectivity index (χ1) is 17.4. The third-order valence-corrected chi connectivity index (χ3v) is 7.89. The lowest BCUT2D eigenvalue weighted by Crippen LogP contribution is -2.49.